The number of carbonyl (C=O) groups excluding carboxylic acids is 1. The number of rotatable bonds is 4. The number of ether oxygens (including phenoxy) is 1. The van der Waals surface area contributed by atoms with Crippen LogP contribution in [-0.4, -0.2) is 18.0 Å². The van der Waals surface area contributed by atoms with Gasteiger partial charge in [0.25, 0.3) is 5.69 Å². The number of nitrogens with two attached hydrogens (primary N) is 1. The maximum absolute atomic E-state index is 11.3. The van der Waals surface area contributed by atoms with Crippen LogP contribution in [0.15, 0.2) is 12.1 Å². The average Bonchev–Trinajstić information content (AvgIpc) is 2.37. The number of nitro groups is 1. The third-order valence-electron chi connectivity index (χ3n) is 2.45. The zero-order valence-electron chi connectivity index (χ0n) is 9.67. The predicted octanol–water partition coefficient (Wildman–Crippen LogP) is 0.641. The highest BCUT2D eigenvalue weighted by Crippen LogP contribution is 2.27. The molecule has 0 fully saturated rings. The Kier molecular flexibility index (Phi) is 4.34. The zero-order chi connectivity index (χ0) is 13.7. The molecule has 0 heterocycles. The molecule has 0 aromatic heterocycles. The molecule has 0 aliphatic carbocycles. The Morgan fingerprint density at radius 2 is 2.28 bits per heavy atom. The molecule has 0 unspecified atom stereocenters. The molecule has 0 spiro atoms. The van der Waals surface area contributed by atoms with E-state index in [0.29, 0.717) is 5.56 Å². The van der Waals surface area contributed by atoms with Crippen molar-refractivity contribution >= 4 is 11.7 Å². The van der Waals surface area contributed by atoms with Crippen molar-refractivity contribution in [3.63, 3.8) is 0 Å². The van der Waals surface area contributed by atoms with Gasteiger partial charge < -0.3 is 10.5 Å². The highest BCUT2D eigenvalue weighted by molar-refractivity contribution is 5.76. The molecule has 1 aromatic rings. The van der Waals surface area contributed by atoms with Gasteiger partial charge in [-0.2, -0.15) is 5.26 Å². The topological polar surface area (TPSA) is 119 Å². The molecule has 0 saturated heterocycles. The maximum Gasteiger partial charge on any atom is 0.310 e. The fourth-order valence-electron chi connectivity index (χ4n) is 1.58. The first kappa shape index (κ1) is 13.6. The molecular formula is C11H11N3O4. The van der Waals surface area contributed by atoms with Crippen LogP contribution in [0.4, 0.5) is 5.69 Å². The van der Waals surface area contributed by atoms with E-state index in [-0.39, 0.29) is 29.8 Å². The first-order valence-electron chi connectivity index (χ1n) is 5.01. The van der Waals surface area contributed by atoms with Crippen LogP contribution in [0.25, 0.3) is 0 Å². The van der Waals surface area contributed by atoms with Gasteiger partial charge >= 0.3 is 5.97 Å². The summed E-state index contributed by atoms with van der Waals surface area (Å²) in [5.41, 5.74) is 5.57. The molecule has 0 aliphatic rings. The molecule has 18 heavy (non-hydrogen) atoms. The van der Waals surface area contributed by atoms with Crippen molar-refractivity contribution in [3.8, 4) is 6.07 Å². The molecule has 1 rings (SSSR count). The van der Waals surface area contributed by atoms with Crippen LogP contribution < -0.4 is 5.73 Å². The van der Waals surface area contributed by atoms with Crippen molar-refractivity contribution in [3.05, 3.63) is 38.9 Å². The van der Waals surface area contributed by atoms with Crippen molar-refractivity contribution in [1.82, 2.24) is 0 Å². The van der Waals surface area contributed by atoms with Crippen molar-refractivity contribution in [2.75, 3.05) is 7.11 Å². The van der Waals surface area contributed by atoms with E-state index in [4.69, 9.17) is 11.0 Å². The van der Waals surface area contributed by atoms with E-state index < -0.39 is 10.9 Å². The lowest BCUT2D eigenvalue weighted by Gasteiger charge is -2.08. The quantitative estimate of drug-likeness (QED) is 0.475. The molecular weight excluding hydrogens is 238 g/mol. The SMILES string of the molecule is COC(=O)Cc1c(CN)ccc(C#N)c1[N+](=O)[O-]. The van der Waals surface area contributed by atoms with E-state index in [1.807, 2.05) is 0 Å². The number of nitrogens with zero attached hydrogens (tertiary/aromatic N) is 2. The van der Waals surface area contributed by atoms with E-state index >= 15 is 0 Å². The lowest BCUT2D eigenvalue weighted by atomic mass is 9.98. The highest BCUT2D eigenvalue weighted by atomic mass is 16.6. The molecule has 2 N–H and O–H groups in total. The normalized spacial score (nSPS) is 9.61. The largest absolute Gasteiger partial charge is 0.469 e. The number of nitro benzene ring substituents is 1. The smallest absolute Gasteiger partial charge is 0.310 e. The van der Waals surface area contributed by atoms with Gasteiger partial charge in [0, 0.05) is 12.1 Å². The Balaban J connectivity index is 3.46. The Hall–Kier alpha value is -2.46. The number of methoxy groups -OCH3 is 1. The first-order valence-corrected chi connectivity index (χ1v) is 5.01. The maximum atomic E-state index is 11.3. The van der Waals surface area contributed by atoms with Crippen LogP contribution in [0.2, 0.25) is 0 Å². The second-order valence-electron chi connectivity index (χ2n) is 3.43. The zero-order valence-corrected chi connectivity index (χ0v) is 9.67. The van der Waals surface area contributed by atoms with Gasteiger partial charge in [-0.25, -0.2) is 0 Å². The van der Waals surface area contributed by atoms with Gasteiger partial charge in [-0.1, -0.05) is 6.07 Å². The summed E-state index contributed by atoms with van der Waals surface area (Å²) < 4.78 is 4.48. The van der Waals surface area contributed by atoms with Gasteiger partial charge in [-0.3, -0.25) is 14.9 Å². The second kappa shape index (κ2) is 5.75. The van der Waals surface area contributed by atoms with Crippen LogP contribution in [0.5, 0.6) is 0 Å². The lowest BCUT2D eigenvalue weighted by molar-refractivity contribution is -0.385. The van der Waals surface area contributed by atoms with Gasteiger partial charge in [0.2, 0.25) is 0 Å². The second-order valence-corrected chi connectivity index (χ2v) is 3.43. The fraction of sp³-hybridized carbons (Fsp3) is 0.273. The van der Waals surface area contributed by atoms with Crippen LogP contribution in [0, 0.1) is 21.4 Å². The van der Waals surface area contributed by atoms with Gasteiger partial charge in [-0.15, -0.1) is 0 Å². The molecule has 7 nitrogen and oxygen atoms in total. The number of carbonyl (C=O) groups is 1. The monoisotopic (exact) mass is 249 g/mol. The van der Waals surface area contributed by atoms with Crippen molar-refractivity contribution < 1.29 is 14.5 Å². The van der Waals surface area contributed by atoms with Gasteiger partial charge in [0.05, 0.1) is 18.5 Å². The summed E-state index contributed by atoms with van der Waals surface area (Å²) in [5, 5.41) is 19.8. The Morgan fingerprint density at radius 3 is 2.72 bits per heavy atom. The van der Waals surface area contributed by atoms with Crippen LogP contribution >= 0.6 is 0 Å². The molecule has 0 atom stereocenters. The van der Waals surface area contributed by atoms with Gasteiger partial charge in [0.15, 0.2) is 0 Å². The Bertz CT molecular complexity index is 534. The molecule has 0 saturated carbocycles. The van der Waals surface area contributed by atoms with Crippen molar-refractivity contribution in [2.45, 2.75) is 13.0 Å². The molecule has 0 bridgehead atoms. The molecule has 0 aliphatic heterocycles. The van der Waals surface area contributed by atoms with Gasteiger partial charge in [0.1, 0.15) is 11.6 Å². The molecule has 1 aromatic carbocycles. The number of esters is 1. The molecule has 7 heteroatoms. The van der Waals surface area contributed by atoms with Gasteiger partial charge in [-0.05, 0) is 11.6 Å². The number of nitriles is 1. The standard InChI is InChI=1S/C11H11N3O4/c1-18-10(15)4-9-7(5-12)2-3-8(6-13)11(9)14(16)17/h2-3H,4-5,12H2,1H3. The third kappa shape index (κ3) is 2.61. The van der Waals surface area contributed by atoms with E-state index in [1.54, 1.807) is 6.07 Å². The molecule has 0 radical (unpaired) electrons. The Labute approximate surface area is 103 Å². The lowest BCUT2D eigenvalue weighted by Crippen LogP contribution is -2.12. The summed E-state index contributed by atoms with van der Waals surface area (Å²) in [4.78, 5) is 21.6. The van der Waals surface area contributed by atoms with E-state index in [2.05, 4.69) is 4.74 Å². The summed E-state index contributed by atoms with van der Waals surface area (Å²) in [6, 6.07) is 4.55. The minimum atomic E-state index is -0.685. The Morgan fingerprint density at radius 1 is 1.61 bits per heavy atom. The van der Waals surface area contributed by atoms with E-state index in [9.17, 15) is 14.9 Å². The van der Waals surface area contributed by atoms with Crippen LogP contribution in [-0.2, 0) is 22.5 Å². The fourth-order valence-corrected chi connectivity index (χ4v) is 1.58. The number of benzene rings is 1. The summed E-state index contributed by atoms with van der Waals surface area (Å²) >= 11 is 0. The van der Waals surface area contributed by atoms with Crippen LogP contribution in [0.1, 0.15) is 16.7 Å². The molecule has 94 valence electrons. The third-order valence-corrected chi connectivity index (χ3v) is 2.45. The summed E-state index contributed by atoms with van der Waals surface area (Å²) in [5.74, 6) is -0.622. The van der Waals surface area contributed by atoms with E-state index in [0.717, 1.165) is 0 Å². The average molecular weight is 249 g/mol. The van der Waals surface area contributed by atoms with Crippen LogP contribution in [0.3, 0.4) is 0 Å². The van der Waals surface area contributed by atoms with Crippen molar-refractivity contribution in [1.29, 1.82) is 5.26 Å². The minimum absolute atomic E-state index is 0.0406. The minimum Gasteiger partial charge on any atom is -0.469 e. The van der Waals surface area contributed by atoms with Crippen molar-refractivity contribution in [2.24, 2.45) is 5.73 Å². The van der Waals surface area contributed by atoms with E-state index in [1.165, 1.54) is 19.2 Å². The number of hydrogen-bond acceptors (Lipinski definition) is 6. The predicted molar refractivity (Wildman–Crippen MR) is 61.4 cm³/mol. The summed E-state index contributed by atoms with van der Waals surface area (Å²) in [6.07, 6.45) is -0.283. The number of hydrogen-bond donors (Lipinski definition) is 1. The molecule has 0 amide bonds. The summed E-state index contributed by atoms with van der Waals surface area (Å²) in [7, 11) is 1.18. The first-order chi connectivity index (χ1) is 8.54. The highest BCUT2D eigenvalue weighted by Gasteiger charge is 2.24. The summed E-state index contributed by atoms with van der Waals surface area (Å²) in [6.45, 7) is 0.0406.